The molecule has 4 N–H and O–H groups in total. The Morgan fingerprint density at radius 2 is 1.28 bits per heavy atom. The molecule has 0 aromatic heterocycles. The zero-order chi connectivity index (χ0) is 47.4. The largest absolute Gasteiger partial charge is 0.514 e. The van der Waals surface area contributed by atoms with Crippen molar-refractivity contribution in [1.29, 1.82) is 0 Å². The number of nitrogens with one attached hydrogen (secondary N) is 4. The number of hydrogen-bond donors (Lipinski definition) is 4. The number of benzene rings is 6. The Bertz CT molecular complexity index is 2560. The van der Waals surface area contributed by atoms with Gasteiger partial charge in [-0.1, -0.05) is 133 Å². The van der Waals surface area contributed by atoms with Crippen LogP contribution in [0.1, 0.15) is 65.5 Å². The first-order valence-electron chi connectivity index (χ1n) is 22.0. The van der Waals surface area contributed by atoms with Crippen molar-refractivity contribution in [3.63, 3.8) is 0 Å². The summed E-state index contributed by atoms with van der Waals surface area (Å²) in [5.41, 5.74) is 5.38. The van der Waals surface area contributed by atoms with E-state index in [1.165, 1.54) is 24.3 Å². The van der Waals surface area contributed by atoms with Gasteiger partial charge in [-0.3, -0.25) is 29.8 Å². The summed E-state index contributed by atoms with van der Waals surface area (Å²) >= 11 is 0. The molecule has 0 fully saturated rings. The number of nitrogens with zero attached hydrogens (tertiary/aromatic N) is 1. The van der Waals surface area contributed by atoms with Crippen LogP contribution in [-0.4, -0.2) is 47.4 Å². The molecule has 13 nitrogen and oxygen atoms in total. The molecule has 0 saturated carbocycles. The molecule has 6 rings (SSSR count). The van der Waals surface area contributed by atoms with Gasteiger partial charge in [0.25, 0.3) is 5.69 Å². The fourth-order valence-electron chi connectivity index (χ4n) is 7.61. The summed E-state index contributed by atoms with van der Waals surface area (Å²) in [6.07, 6.45) is 6.32. The smallest absolute Gasteiger partial charge is 0.429 e. The van der Waals surface area contributed by atoms with Crippen molar-refractivity contribution >= 4 is 35.3 Å². The molecule has 6 aromatic carbocycles. The number of carbonyl (C=O) groups excluding carboxylic acids is 4. The number of rotatable bonds is 22. The van der Waals surface area contributed by atoms with E-state index in [9.17, 15) is 29.3 Å². The van der Waals surface area contributed by atoms with Crippen LogP contribution in [0.25, 0.3) is 0 Å². The predicted octanol–water partition coefficient (Wildman–Crippen LogP) is 8.94. The van der Waals surface area contributed by atoms with Gasteiger partial charge in [-0.05, 0) is 84.8 Å². The first kappa shape index (κ1) is 48.4. The molecule has 0 spiro atoms. The summed E-state index contributed by atoms with van der Waals surface area (Å²) in [6.45, 7) is 2.47. The molecule has 67 heavy (non-hydrogen) atoms. The average Bonchev–Trinajstić information content (AvgIpc) is 3.35. The number of non-ortho nitro benzene ring substituents is 1. The van der Waals surface area contributed by atoms with Crippen LogP contribution < -0.4 is 26.0 Å². The molecule has 0 saturated heterocycles. The van der Waals surface area contributed by atoms with Crippen molar-refractivity contribution in [2.75, 3.05) is 11.9 Å². The van der Waals surface area contributed by atoms with Gasteiger partial charge >= 0.3 is 6.16 Å². The Balaban J connectivity index is 1.16. The van der Waals surface area contributed by atoms with Gasteiger partial charge in [0.2, 0.25) is 17.7 Å². The molecule has 0 radical (unpaired) electrons. The van der Waals surface area contributed by atoms with Crippen LogP contribution in [0.15, 0.2) is 164 Å². The lowest BCUT2D eigenvalue weighted by molar-refractivity contribution is -0.384. The monoisotopic (exact) mass is 899 g/mol. The lowest BCUT2D eigenvalue weighted by Gasteiger charge is -2.37. The number of aryl methyl sites for hydroxylation is 1. The van der Waals surface area contributed by atoms with Gasteiger partial charge in [-0.2, -0.15) is 0 Å². The van der Waals surface area contributed by atoms with E-state index in [2.05, 4.69) is 82.6 Å². The zero-order valence-corrected chi connectivity index (χ0v) is 37.2. The molecule has 0 aliphatic carbocycles. The molecule has 2 atom stereocenters. The first-order chi connectivity index (χ1) is 32.5. The second-order valence-corrected chi connectivity index (χ2v) is 15.9. The number of ether oxygens (including phenoxy) is 2. The summed E-state index contributed by atoms with van der Waals surface area (Å²) < 4.78 is 10.3. The lowest BCUT2D eigenvalue weighted by Crippen LogP contribution is -2.53. The lowest BCUT2D eigenvalue weighted by atomic mass is 9.76. The van der Waals surface area contributed by atoms with E-state index in [1.807, 2.05) is 66.7 Å². The van der Waals surface area contributed by atoms with Crippen LogP contribution >= 0.6 is 0 Å². The van der Waals surface area contributed by atoms with Gasteiger partial charge in [0, 0.05) is 37.1 Å². The van der Waals surface area contributed by atoms with Gasteiger partial charge in [0.05, 0.1) is 10.5 Å². The highest BCUT2D eigenvalue weighted by atomic mass is 16.7. The molecule has 0 aliphatic heterocycles. The first-order valence-corrected chi connectivity index (χ1v) is 22.0. The minimum atomic E-state index is -1.00. The van der Waals surface area contributed by atoms with E-state index < -0.39 is 40.5 Å². The maximum atomic E-state index is 14.2. The fourth-order valence-corrected chi connectivity index (χ4v) is 7.61. The minimum Gasteiger partial charge on any atom is -0.429 e. The van der Waals surface area contributed by atoms with Crippen LogP contribution in [-0.2, 0) is 37.7 Å². The second kappa shape index (κ2) is 24.3. The Kier molecular flexibility index (Phi) is 17.5. The Labute approximate surface area is 390 Å². The summed E-state index contributed by atoms with van der Waals surface area (Å²) in [6, 6.07) is 48.0. The second-order valence-electron chi connectivity index (χ2n) is 15.9. The third kappa shape index (κ3) is 14.0. The Hall–Kier alpha value is -8.08. The van der Waals surface area contributed by atoms with Crippen molar-refractivity contribution in [1.82, 2.24) is 16.0 Å². The van der Waals surface area contributed by atoms with Gasteiger partial charge in [-0.15, -0.1) is 12.3 Å². The number of hydrogen-bond acceptors (Lipinski definition) is 9. The standard InChI is InChI=1S/C54H53N5O8/c1-3-4-23-50(60)57-49(37-40-16-8-5-9-17-40)52(62)58-48(51(61)56-45-30-26-41(27-31-45)38-66-53(63)67-47-34-32-46(33-35-47)59(64)65)22-14-15-36-55-54(42-18-10-6-11-19-42,43-20-12-7-13-21-43)44-28-24-39(2)25-29-44/h1,5-13,16-21,24-35,48-49,55H,4,14-15,22-23,36-38H2,2H3,(H,56,61)(H,57,60)(H,58,62). The molecule has 0 bridgehead atoms. The van der Waals surface area contributed by atoms with Gasteiger partial charge in [-0.25, -0.2) is 4.79 Å². The molecular weight excluding hydrogens is 847 g/mol. The summed E-state index contributed by atoms with van der Waals surface area (Å²) in [5.74, 6) is 1.18. The molecule has 0 heterocycles. The summed E-state index contributed by atoms with van der Waals surface area (Å²) in [7, 11) is 0. The number of nitro benzene ring substituents is 1. The number of terminal acetylenes is 1. The molecule has 342 valence electrons. The average molecular weight is 900 g/mol. The molecule has 6 aromatic rings. The fraction of sp³-hybridized carbons (Fsp3) is 0.222. The topological polar surface area (TPSA) is 178 Å². The Morgan fingerprint density at radius 1 is 0.687 bits per heavy atom. The summed E-state index contributed by atoms with van der Waals surface area (Å²) in [5, 5.41) is 23.5. The van der Waals surface area contributed by atoms with Crippen molar-refractivity contribution in [2.45, 2.75) is 69.7 Å². The van der Waals surface area contributed by atoms with Gasteiger partial charge < -0.3 is 25.4 Å². The predicted molar refractivity (Wildman–Crippen MR) is 257 cm³/mol. The highest BCUT2D eigenvalue weighted by Gasteiger charge is 2.36. The number of nitro groups is 1. The third-order valence-corrected chi connectivity index (χ3v) is 11.1. The van der Waals surface area contributed by atoms with Crippen molar-refractivity contribution < 1.29 is 33.6 Å². The van der Waals surface area contributed by atoms with Crippen LogP contribution in [0.2, 0.25) is 0 Å². The molecule has 0 aliphatic rings. The molecule has 2 unspecified atom stereocenters. The van der Waals surface area contributed by atoms with E-state index in [1.54, 1.807) is 24.3 Å². The minimum absolute atomic E-state index is 0.0457. The quantitative estimate of drug-likeness (QED) is 0.00985. The normalized spacial score (nSPS) is 11.8. The van der Waals surface area contributed by atoms with E-state index >= 15 is 0 Å². The van der Waals surface area contributed by atoms with Crippen LogP contribution in [0, 0.1) is 29.4 Å². The van der Waals surface area contributed by atoms with E-state index in [4.69, 9.17) is 15.9 Å². The highest BCUT2D eigenvalue weighted by Crippen LogP contribution is 2.37. The maximum Gasteiger partial charge on any atom is 0.514 e. The third-order valence-electron chi connectivity index (χ3n) is 11.1. The SMILES string of the molecule is C#CCCC(=O)NC(Cc1ccccc1)C(=O)NC(CCCCNC(c1ccccc1)(c1ccccc1)c1ccc(C)cc1)C(=O)Nc1ccc(COC(=O)Oc2ccc([N+](=O)[O-])cc2)cc1. The zero-order valence-electron chi connectivity index (χ0n) is 37.2. The van der Waals surface area contributed by atoms with Crippen molar-refractivity contribution in [3.05, 3.63) is 207 Å². The van der Waals surface area contributed by atoms with Crippen molar-refractivity contribution in [2.24, 2.45) is 0 Å². The van der Waals surface area contributed by atoms with Crippen molar-refractivity contribution in [3.8, 4) is 18.1 Å². The number of unbranched alkanes of at least 4 members (excludes halogenated alkanes) is 1. The number of carbonyl (C=O) groups is 4. The molecule has 13 heteroatoms. The van der Waals surface area contributed by atoms with E-state index in [0.29, 0.717) is 30.6 Å². The Morgan fingerprint density at radius 3 is 1.88 bits per heavy atom. The van der Waals surface area contributed by atoms with E-state index in [0.717, 1.165) is 27.8 Å². The van der Waals surface area contributed by atoms with Crippen LogP contribution in [0.4, 0.5) is 16.2 Å². The van der Waals surface area contributed by atoms with Gasteiger partial charge in [0.15, 0.2) is 0 Å². The molecule has 3 amide bonds. The summed E-state index contributed by atoms with van der Waals surface area (Å²) in [4.78, 5) is 63.9. The van der Waals surface area contributed by atoms with Gasteiger partial charge in [0.1, 0.15) is 24.4 Å². The van der Waals surface area contributed by atoms with E-state index in [-0.39, 0.29) is 49.6 Å². The highest BCUT2D eigenvalue weighted by molar-refractivity contribution is 5.98. The number of amides is 3. The maximum absolute atomic E-state index is 14.2. The van der Waals surface area contributed by atoms with Crippen LogP contribution in [0.5, 0.6) is 5.75 Å². The molecular formula is C54H53N5O8. The number of anilines is 1. The van der Waals surface area contributed by atoms with Crippen LogP contribution in [0.3, 0.4) is 0 Å².